The van der Waals surface area contributed by atoms with E-state index in [2.05, 4.69) is 218 Å². The van der Waals surface area contributed by atoms with E-state index in [0.29, 0.717) is 0 Å². The van der Waals surface area contributed by atoms with Crippen LogP contribution in [-0.2, 0) is 0 Å². The van der Waals surface area contributed by atoms with E-state index < -0.39 is 0 Å². The van der Waals surface area contributed by atoms with Gasteiger partial charge in [-0.2, -0.15) is 0 Å². The predicted molar refractivity (Wildman–Crippen MR) is 251 cm³/mol. The van der Waals surface area contributed by atoms with Crippen LogP contribution < -0.4 is 0 Å². The van der Waals surface area contributed by atoms with Gasteiger partial charge in [0.1, 0.15) is 0 Å². The first-order chi connectivity index (χ1) is 28.8. The second-order valence-corrected chi connectivity index (χ2v) is 15.5. The van der Waals surface area contributed by atoms with Crippen molar-refractivity contribution in [2.75, 3.05) is 0 Å². The van der Waals surface area contributed by atoms with E-state index in [0.717, 1.165) is 0 Å². The quantitative estimate of drug-likeness (QED) is 0.125. The summed E-state index contributed by atoms with van der Waals surface area (Å²) in [6.45, 7) is 0. The lowest BCUT2D eigenvalue weighted by molar-refractivity contribution is 1.62. The Hall–Kier alpha value is -7.54. The summed E-state index contributed by atoms with van der Waals surface area (Å²) in [4.78, 5) is 0. The van der Waals surface area contributed by atoms with Gasteiger partial charge in [-0.3, -0.25) is 0 Å². The molecule has 0 aliphatic carbocycles. The van der Waals surface area contributed by atoms with E-state index in [1.54, 1.807) is 0 Å². The largest absolute Gasteiger partial charge is 0.0616 e. The molecule has 0 saturated carbocycles. The summed E-state index contributed by atoms with van der Waals surface area (Å²) < 4.78 is 0. The monoisotopic (exact) mass is 732 g/mol. The summed E-state index contributed by atoms with van der Waals surface area (Å²) in [6, 6.07) is 80.8. The first-order valence-corrected chi connectivity index (χ1v) is 20.2. The van der Waals surface area contributed by atoms with Crippen LogP contribution in [-0.4, -0.2) is 0 Å². The molecule has 58 heavy (non-hydrogen) atoms. The van der Waals surface area contributed by atoms with Crippen LogP contribution in [0.15, 0.2) is 218 Å². The lowest BCUT2D eigenvalue weighted by Gasteiger charge is -2.19. The maximum atomic E-state index is 2.44. The molecule has 0 saturated heterocycles. The van der Waals surface area contributed by atoms with Gasteiger partial charge in [0.05, 0.1) is 0 Å². The van der Waals surface area contributed by atoms with E-state index in [1.165, 1.54) is 120 Å². The molecule has 0 heterocycles. The molecule has 0 fully saturated rings. The molecule has 0 radical (unpaired) electrons. The summed E-state index contributed by atoms with van der Waals surface area (Å²) in [5, 5.41) is 18.0. The zero-order valence-electron chi connectivity index (χ0n) is 31.8. The lowest BCUT2D eigenvalue weighted by Crippen LogP contribution is -1.91. The Bertz CT molecular complexity index is 3530. The van der Waals surface area contributed by atoms with Crippen molar-refractivity contribution in [3.05, 3.63) is 218 Å². The summed E-state index contributed by atoms with van der Waals surface area (Å²) in [5.41, 5.74) is 9.92. The minimum Gasteiger partial charge on any atom is -0.0616 e. The molecule has 0 aromatic heterocycles. The molecule has 268 valence electrons. The van der Waals surface area contributed by atoms with Gasteiger partial charge in [-0.25, -0.2) is 0 Å². The molecule has 0 aliphatic rings. The first kappa shape index (κ1) is 32.7. The second kappa shape index (κ2) is 13.0. The fourth-order valence-electron chi connectivity index (χ4n) is 9.77. The third-order valence-corrected chi connectivity index (χ3v) is 12.4. The van der Waals surface area contributed by atoms with Crippen molar-refractivity contribution in [1.82, 2.24) is 0 Å². The van der Waals surface area contributed by atoms with Gasteiger partial charge in [-0.05, 0) is 132 Å². The van der Waals surface area contributed by atoms with Crippen LogP contribution in [0.1, 0.15) is 0 Å². The van der Waals surface area contributed by atoms with Crippen LogP contribution in [0.25, 0.3) is 120 Å². The number of fused-ring (bicyclic) bond motifs is 11. The number of hydrogen-bond acceptors (Lipinski definition) is 0. The first-order valence-electron chi connectivity index (χ1n) is 20.2. The van der Waals surface area contributed by atoms with E-state index in [1.807, 2.05) is 0 Å². The Morgan fingerprint density at radius 3 is 1.10 bits per heavy atom. The van der Waals surface area contributed by atoms with Gasteiger partial charge in [0, 0.05) is 0 Å². The molecule has 0 bridgehead atoms. The number of rotatable bonds is 4. The van der Waals surface area contributed by atoms with Crippen molar-refractivity contribution in [3.8, 4) is 44.5 Å². The Balaban J connectivity index is 1.01. The third kappa shape index (κ3) is 5.02. The fraction of sp³-hybridized carbons (Fsp3) is 0. The van der Waals surface area contributed by atoms with Crippen LogP contribution in [0, 0.1) is 0 Å². The average molecular weight is 733 g/mol. The van der Waals surface area contributed by atoms with Crippen molar-refractivity contribution in [3.63, 3.8) is 0 Å². The molecular formula is C58H36. The summed E-state index contributed by atoms with van der Waals surface area (Å²) in [6.07, 6.45) is 0. The highest BCUT2D eigenvalue weighted by atomic mass is 14.2. The molecule has 12 aromatic rings. The Morgan fingerprint density at radius 2 is 0.552 bits per heavy atom. The van der Waals surface area contributed by atoms with Gasteiger partial charge in [-0.15, -0.1) is 0 Å². The molecular weight excluding hydrogens is 697 g/mol. The van der Waals surface area contributed by atoms with E-state index in [-0.39, 0.29) is 0 Å². The van der Waals surface area contributed by atoms with Gasteiger partial charge >= 0.3 is 0 Å². The molecule has 0 nitrogen and oxygen atoms in total. The maximum absolute atomic E-state index is 2.44. The van der Waals surface area contributed by atoms with Crippen LogP contribution >= 0.6 is 0 Å². The molecule has 0 N–H and O–H groups in total. The van der Waals surface area contributed by atoms with Crippen LogP contribution in [0.3, 0.4) is 0 Å². The molecule has 12 aromatic carbocycles. The Labute approximate surface area is 336 Å². The second-order valence-electron chi connectivity index (χ2n) is 15.5. The summed E-state index contributed by atoms with van der Waals surface area (Å²) in [7, 11) is 0. The maximum Gasteiger partial charge on any atom is -0.00199 e. The van der Waals surface area contributed by atoms with Gasteiger partial charge in [0.15, 0.2) is 0 Å². The highest BCUT2D eigenvalue weighted by Crippen LogP contribution is 2.46. The third-order valence-electron chi connectivity index (χ3n) is 12.4. The smallest absolute Gasteiger partial charge is 0.00199 e. The molecule has 0 atom stereocenters. The lowest BCUT2D eigenvalue weighted by atomic mass is 9.85. The van der Waals surface area contributed by atoms with Gasteiger partial charge in [0.2, 0.25) is 0 Å². The van der Waals surface area contributed by atoms with E-state index >= 15 is 0 Å². The van der Waals surface area contributed by atoms with Gasteiger partial charge in [-0.1, -0.05) is 206 Å². The van der Waals surface area contributed by atoms with E-state index in [9.17, 15) is 0 Å². The van der Waals surface area contributed by atoms with Crippen LogP contribution in [0.5, 0.6) is 0 Å². The van der Waals surface area contributed by atoms with Crippen molar-refractivity contribution in [1.29, 1.82) is 0 Å². The van der Waals surface area contributed by atoms with Crippen molar-refractivity contribution in [2.45, 2.75) is 0 Å². The fourth-order valence-corrected chi connectivity index (χ4v) is 9.77. The number of benzene rings is 12. The van der Waals surface area contributed by atoms with Crippen LogP contribution in [0.4, 0.5) is 0 Å². The van der Waals surface area contributed by atoms with Crippen molar-refractivity contribution >= 4 is 75.4 Å². The zero-order valence-corrected chi connectivity index (χ0v) is 31.8. The van der Waals surface area contributed by atoms with Crippen LogP contribution in [0.2, 0.25) is 0 Å². The zero-order chi connectivity index (χ0) is 38.2. The van der Waals surface area contributed by atoms with E-state index in [4.69, 9.17) is 0 Å². The van der Waals surface area contributed by atoms with Gasteiger partial charge < -0.3 is 0 Å². The standard InChI is InChI=1S/C58H36/c1-2-14-42-35-43(34-27-37(42)13-1)38-25-30-40(31-26-38)56-50-21-9-11-23-52(50)57(53-24-12-10-22-51(53)56)41-32-28-39(29-33-41)54-36-55-46-17-4-3-15-44(46)45-16-5-7-19-48(45)58(55)49-20-8-6-18-47(49)54/h1-36H. The highest BCUT2D eigenvalue weighted by Gasteiger charge is 2.18. The topological polar surface area (TPSA) is 0 Å². The average Bonchev–Trinajstić information content (AvgIpc) is 3.30. The van der Waals surface area contributed by atoms with Crippen molar-refractivity contribution < 1.29 is 0 Å². The molecule has 12 rings (SSSR count). The summed E-state index contributed by atoms with van der Waals surface area (Å²) >= 11 is 0. The minimum absolute atomic E-state index is 1.22. The molecule has 0 unspecified atom stereocenters. The SMILES string of the molecule is c1ccc2cc(-c3ccc(-c4c5ccccc5c(-c5ccc(-c6cc7c8ccccc8c8ccccc8c7c7ccccc67)cc5)c5ccccc45)cc3)ccc2c1. The summed E-state index contributed by atoms with van der Waals surface area (Å²) in [5.74, 6) is 0. The predicted octanol–water partition coefficient (Wildman–Crippen LogP) is 16.4. The normalized spacial score (nSPS) is 11.8. The highest BCUT2D eigenvalue weighted by molar-refractivity contribution is 6.33. The Kier molecular flexibility index (Phi) is 7.33. The van der Waals surface area contributed by atoms with Gasteiger partial charge in [0.25, 0.3) is 0 Å². The van der Waals surface area contributed by atoms with Crippen molar-refractivity contribution in [2.24, 2.45) is 0 Å². The Morgan fingerprint density at radius 1 is 0.190 bits per heavy atom. The molecule has 0 spiro atoms. The number of hydrogen-bond donors (Lipinski definition) is 0. The molecule has 0 amide bonds. The molecule has 0 aliphatic heterocycles. The minimum atomic E-state index is 1.22. The molecule has 0 heteroatoms.